The van der Waals surface area contributed by atoms with Crippen molar-refractivity contribution in [2.75, 3.05) is 44.1 Å². The average Bonchev–Trinajstić information content (AvgIpc) is 0.747. The quantitative estimate of drug-likeness (QED) is 0.00977. The minimum absolute atomic E-state index is 0.0656. The van der Waals surface area contributed by atoms with E-state index in [0.717, 1.165) is 85.6 Å². The molecule has 10 aromatic carbocycles. The number of aromatic nitrogens is 3. The van der Waals surface area contributed by atoms with Crippen molar-refractivity contribution >= 4 is 81.9 Å². The molecular weight excluding hydrogens is 1530 g/mol. The Morgan fingerprint density at radius 3 is 1.27 bits per heavy atom. The molecule has 2 aliphatic heterocycles. The smallest absolute Gasteiger partial charge is 0.266 e. The van der Waals surface area contributed by atoms with Crippen molar-refractivity contribution < 1.29 is 66.0 Å². The zero-order chi connectivity index (χ0) is 80.9. The summed E-state index contributed by atoms with van der Waals surface area (Å²) in [6.07, 6.45) is 8.91. The van der Waals surface area contributed by atoms with Crippen molar-refractivity contribution in [2.45, 2.75) is 104 Å². The lowest BCUT2D eigenvalue weighted by molar-refractivity contribution is -0.161. The molecule has 0 saturated heterocycles. The molecule has 13 rings (SSSR count). The first kappa shape index (κ1) is 83.9. The number of ether oxygens (including phenoxy) is 2. The van der Waals surface area contributed by atoms with Crippen LogP contribution in [-0.4, -0.2) is 101 Å². The first-order valence-electron chi connectivity index (χ1n) is 36.4. The SMILES string of the molecule is COOSNCCCc1nc(CCCNS(C)(=O)=O)nc(NCCS(=O)(=O)O)n1.Cc1cccc(C)c1/C=c1\ccc2c(c1)Oc1cc(Cc3c(C)cccc3C)ccc1C=2c1ccccc1S(=O)(=O)[O-].Cc1cccc(C)c1/C=c1\ccc2c(c1)Oc1cc(Cc3c(C)cccc3C)ccc1C=2c1ccccc1S(=O)(=O)[O-]. The largest absolute Gasteiger partial charge is 0.744 e. The number of sulfonamides is 1. The van der Waals surface area contributed by atoms with Crippen molar-refractivity contribution in [2.24, 2.45) is 0 Å². The van der Waals surface area contributed by atoms with Crippen LogP contribution >= 0.6 is 12.2 Å². The van der Waals surface area contributed by atoms with E-state index in [1.165, 1.54) is 74.9 Å². The highest BCUT2D eigenvalue weighted by Crippen LogP contribution is 2.41. The third kappa shape index (κ3) is 22.0. The van der Waals surface area contributed by atoms with Gasteiger partial charge in [-0.25, -0.2) is 44.6 Å². The van der Waals surface area contributed by atoms with Gasteiger partial charge in [0.25, 0.3) is 10.1 Å². The third-order valence-corrected chi connectivity index (χ3v) is 23.1. The van der Waals surface area contributed by atoms with Gasteiger partial charge in [0.1, 0.15) is 67.1 Å². The molecule has 0 radical (unpaired) electrons. The Bertz CT molecular complexity index is 5800. The lowest BCUT2D eigenvalue weighted by atomic mass is 9.90. The molecule has 11 aromatic rings. The topological polar surface area (TPSA) is 315 Å². The summed E-state index contributed by atoms with van der Waals surface area (Å²) < 4.78 is 150. The summed E-state index contributed by atoms with van der Waals surface area (Å²) in [5.41, 5.74) is 20.2. The fourth-order valence-corrected chi connectivity index (χ4v) is 16.3. The molecule has 4 N–H and O–H groups in total. The van der Waals surface area contributed by atoms with Gasteiger partial charge < -0.3 is 23.9 Å². The van der Waals surface area contributed by atoms with Crippen molar-refractivity contribution in [1.82, 2.24) is 24.4 Å². The Kier molecular flexibility index (Phi) is 27.3. The molecule has 0 spiro atoms. The fourth-order valence-electron chi connectivity index (χ4n) is 13.8. The minimum Gasteiger partial charge on any atom is -0.744 e. The van der Waals surface area contributed by atoms with Gasteiger partial charge in [-0.1, -0.05) is 146 Å². The molecule has 3 heterocycles. The van der Waals surface area contributed by atoms with E-state index in [2.05, 4.69) is 179 Å². The summed E-state index contributed by atoms with van der Waals surface area (Å²) in [6.45, 7) is 17.6. The number of hydrogen-bond donors (Lipinski definition) is 4. The van der Waals surface area contributed by atoms with E-state index in [-0.39, 0.29) is 28.8 Å². The molecule has 0 aliphatic carbocycles. The van der Waals surface area contributed by atoms with E-state index < -0.39 is 46.1 Å². The normalized spacial score (nSPS) is 12.8. The van der Waals surface area contributed by atoms with Gasteiger partial charge in [0.05, 0.1) is 28.9 Å². The molecule has 0 atom stereocenters. The number of rotatable bonds is 26. The maximum absolute atomic E-state index is 12.4. The number of fused-ring (bicyclic) bond motifs is 4. The maximum atomic E-state index is 12.4. The number of aryl methyl sites for hydroxylation is 10. The summed E-state index contributed by atoms with van der Waals surface area (Å²) in [6, 6.07) is 61.8. The van der Waals surface area contributed by atoms with E-state index >= 15 is 0 Å². The Morgan fingerprint density at radius 1 is 0.460 bits per heavy atom. The van der Waals surface area contributed by atoms with Gasteiger partial charge in [0.2, 0.25) is 16.0 Å². The summed E-state index contributed by atoms with van der Waals surface area (Å²) in [4.78, 5) is 16.7. The van der Waals surface area contributed by atoms with Crippen LogP contribution in [0.5, 0.6) is 23.0 Å². The van der Waals surface area contributed by atoms with Gasteiger partial charge in [-0.05, 0) is 230 Å². The van der Waals surface area contributed by atoms with Crippen LogP contribution < -0.4 is 45.1 Å². The predicted octanol–water partition coefficient (Wildman–Crippen LogP) is 12.5. The number of nitrogens with zero attached hydrogens (tertiary/aromatic N) is 3. The summed E-state index contributed by atoms with van der Waals surface area (Å²) in [5.74, 6) is 3.13. The van der Waals surface area contributed by atoms with Gasteiger partial charge in [0, 0.05) is 76.3 Å². The van der Waals surface area contributed by atoms with Crippen LogP contribution in [0.25, 0.3) is 23.3 Å². The molecule has 1 aromatic heterocycles. The van der Waals surface area contributed by atoms with Gasteiger partial charge in [-0.15, -0.1) is 4.33 Å². The van der Waals surface area contributed by atoms with Crippen LogP contribution in [0.1, 0.15) is 125 Å². The Hall–Kier alpha value is -10.0. The van der Waals surface area contributed by atoms with E-state index in [9.17, 15) is 42.8 Å². The highest BCUT2D eigenvalue weighted by atomic mass is 32.2. The van der Waals surface area contributed by atoms with Crippen molar-refractivity contribution in [3.05, 3.63) is 327 Å². The van der Waals surface area contributed by atoms with Gasteiger partial charge in [0.15, 0.2) is 0 Å². The minimum atomic E-state index is -4.72. The predicted molar refractivity (Wildman–Crippen MR) is 441 cm³/mol. The molecule has 26 heteroatoms. The zero-order valence-corrected chi connectivity index (χ0v) is 68.3. The molecular formula is C87H88N6O15S5-2. The average molecular weight is 1620 g/mol. The second-order valence-corrected chi connectivity index (χ2v) is 34.5. The van der Waals surface area contributed by atoms with Crippen LogP contribution in [0, 0.1) is 55.4 Å². The molecule has 0 amide bonds. The summed E-state index contributed by atoms with van der Waals surface area (Å²) >= 11 is 0.949. The van der Waals surface area contributed by atoms with Crippen LogP contribution in [0.4, 0.5) is 5.95 Å². The van der Waals surface area contributed by atoms with Gasteiger partial charge in [-0.3, -0.25) is 4.55 Å². The number of anilines is 1. The molecule has 113 heavy (non-hydrogen) atoms. The standard InChI is InChI=1S/2C37H32O4S.C13H26N6O7S3/c2*1-23-9-7-10-24(2)32(23)19-27-15-17-29-34(21-27)41-35-22-28(20-33-25(3)11-8-12-26(33)4)16-18-30(35)37(29)31-13-5-6-14-36(31)42(38,39)40;1-25-26-27-15-7-3-5-11-17-12(6-4-8-16-28(2,20)21)19-13(18-11)14-9-10-29(22,23)24/h2*5-19,21-22H,20H2,1-4H3,(H,38,39,40);15-16H,3-10H2,1-2H3,(H,22,23,24)(H,14,17,18,19)/p-2/b2*27-19+;. The van der Waals surface area contributed by atoms with Crippen molar-refractivity contribution in [3.63, 3.8) is 0 Å². The van der Waals surface area contributed by atoms with Gasteiger partial charge in [-0.2, -0.15) is 18.4 Å². The molecule has 0 fully saturated rings. The highest BCUT2D eigenvalue weighted by Gasteiger charge is 2.27. The van der Waals surface area contributed by atoms with Crippen LogP contribution in [0.3, 0.4) is 0 Å². The summed E-state index contributed by atoms with van der Waals surface area (Å²) in [7, 11) is -15.4. The molecule has 588 valence electrons. The van der Waals surface area contributed by atoms with E-state index in [1.54, 1.807) is 36.4 Å². The second-order valence-electron chi connectivity index (χ2n) is 27.8. The maximum Gasteiger partial charge on any atom is 0.266 e. The first-order chi connectivity index (χ1) is 53.8. The fraction of sp³-hybridized carbons (Fsp3) is 0.230. The number of hydrogen-bond acceptors (Lipinski definition) is 20. The van der Waals surface area contributed by atoms with E-state index in [1.807, 2.05) is 72.8 Å². The highest BCUT2D eigenvalue weighted by molar-refractivity contribution is 7.92. The molecule has 0 saturated carbocycles. The van der Waals surface area contributed by atoms with Crippen LogP contribution in [0.2, 0.25) is 0 Å². The number of benzene rings is 10. The van der Waals surface area contributed by atoms with E-state index in [4.69, 9.17) is 14.0 Å². The zero-order valence-electron chi connectivity index (χ0n) is 64.2. The third-order valence-electron chi connectivity index (χ3n) is 19.4. The monoisotopic (exact) mass is 1620 g/mol. The lowest BCUT2D eigenvalue weighted by Crippen LogP contribution is -2.23. The number of nitrogens with one attached hydrogen (secondary N) is 3. The van der Waals surface area contributed by atoms with Crippen LogP contribution in [0.15, 0.2) is 204 Å². The van der Waals surface area contributed by atoms with Crippen molar-refractivity contribution in [1.29, 1.82) is 0 Å². The Balaban J connectivity index is 0.000000171. The van der Waals surface area contributed by atoms with Gasteiger partial charge >= 0.3 is 0 Å². The molecule has 21 nitrogen and oxygen atoms in total. The molecule has 0 bridgehead atoms. The first-order valence-corrected chi connectivity index (χ1v) is 43.5. The van der Waals surface area contributed by atoms with Crippen molar-refractivity contribution in [3.8, 4) is 23.0 Å². The lowest BCUT2D eigenvalue weighted by Gasteiger charge is -2.24. The molecule has 0 unspecified atom stereocenters. The Morgan fingerprint density at radius 2 is 0.867 bits per heavy atom. The van der Waals surface area contributed by atoms with E-state index in [0.29, 0.717) is 89.1 Å². The van der Waals surface area contributed by atoms with Crippen LogP contribution in [-0.2, 0) is 75.3 Å². The second kappa shape index (κ2) is 36.8. The Labute approximate surface area is 665 Å². The summed E-state index contributed by atoms with van der Waals surface area (Å²) in [5, 5.41) is 6.14. The molecule has 2 aliphatic rings.